The van der Waals surface area contributed by atoms with Gasteiger partial charge in [0.2, 0.25) is 5.91 Å². The van der Waals surface area contributed by atoms with E-state index in [1.165, 1.54) is 32.1 Å². The Balaban J connectivity index is 1.28. The van der Waals surface area contributed by atoms with Crippen molar-refractivity contribution in [1.29, 1.82) is 0 Å². The molecule has 0 spiro atoms. The van der Waals surface area contributed by atoms with Crippen LogP contribution in [0.2, 0.25) is 0 Å². The Morgan fingerprint density at radius 2 is 1.50 bits per heavy atom. The van der Waals surface area contributed by atoms with Crippen LogP contribution in [0.25, 0.3) is 11.1 Å². The van der Waals surface area contributed by atoms with Crippen LogP contribution in [0.5, 0.6) is 0 Å². The Kier molecular flexibility index (Phi) is 11.5. The number of aliphatic hydroxyl groups is 1. The number of ether oxygens (including phenoxy) is 2. The first kappa shape index (κ1) is 31.9. The third-order valence-electron chi connectivity index (χ3n) is 8.52. The van der Waals surface area contributed by atoms with Crippen LogP contribution in [0, 0.1) is 0 Å². The zero-order valence-corrected chi connectivity index (χ0v) is 25.3. The van der Waals surface area contributed by atoms with Crippen molar-refractivity contribution in [1.82, 2.24) is 10.2 Å². The second kappa shape index (κ2) is 16.0. The number of rotatable bonds is 11. The van der Waals surface area contributed by atoms with Gasteiger partial charge in [0.05, 0.1) is 25.2 Å². The quantitative estimate of drug-likeness (QED) is 0.243. The first-order valence-corrected chi connectivity index (χ1v) is 15.9. The lowest BCUT2D eigenvalue weighted by molar-refractivity contribution is -0.253. The maximum absolute atomic E-state index is 12.0. The van der Waals surface area contributed by atoms with Crippen molar-refractivity contribution in [2.75, 3.05) is 19.6 Å². The molecule has 2 aliphatic rings. The first-order valence-electron chi connectivity index (χ1n) is 15.9. The van der Waals surface area contributed by atoms with Gasteiger partial charge in [-0.05, 0) is 59.8 Å². The molecule has 0 radical (unpaired) electrons. The fourth-order valence-electron chi connectivity index (χ4n) is 6.02. The molecule has 3 atom stereocenters. The minimum atomic E-state index is -0.981. The highest BCUT2D eigenvalue weighted by Gasteiger charge is 2.33. The summed E-state index contributed by atoms with van der Waals surface area (Å²) in [4.78, 5) is 25.2. The number of hydrogen-bond donors (Lipinski definition) is 3. The summed E-state index contributed by atoms with van der Waals surface area (Å²) in [6, 6.07) is 24.2. The van der Waals surface area contributed by atoms with Gasteiger partial charge in [-0.1, -0.05) is 86.0 Å². The molecule has 44 heavy (non-hydrogen) atoms. The molecule has 0 bridgehead atoms. The van der Waals surface area contributed by atoms with Crippen molar-refractivity contribution in [2.45, 2.75) is 83.0 Å². The van der Waals surface area contributed by atoms with Gasteiger partial charge in [-0.3, -0.25) is 9.59 Å². The van der Waals surface area contributed by atoms with Crippen molar-refractivity contribution in [2.24, 2.45) is 0 Å². The number of carboxylic acids is 1. The number of carboxylic acid groups (broad SMARTS) is 1. The van der Waals surface area contributed by atoms with Crippen LogP contribution >= 0.6 is 0 Å². The largest absolute Gasteiger partial charge is 0.481 e. The minimum absolute atomic E-state index is 0.0197. The van der Waals surface area contributed by atoms with Crippen molar-refractivity contribution >= 4 is 11.9 Å². The minimum Gasteiger partial charge on any atom is -0.481 e. The van der Waals surface area contributed by atoms with Crippen LogP contribution in [0.15, 0.2) is 72.8 Å². The second-order valence-corrected chi connectivity index (χ2v) is 11.9. The van der Waals surface area contributed by atoms with Crippen molar-refractivity contribution in [3.63, 3.8) is 0 Å². The standard InChI is InChI=1S/C36H44N2O6/c39-25-26-9-11-29(12-10-26)33-22-32(24-38-19-4-2-1-3-5-20-38)43-36(44-33)30-15-13-28(14-16-30)31-8-6-7-27(21-31)23-37-34(40)17-18-35(41)42/h6-16,21,32-33,36,39H,1-5,17-20,22-25H2,(H,37,40)(H,41,42)/t32-,33+,36+/m1/s1. The normalized spacial score (nSPS) is 21.2. The predicted octanol–water partition coefficient (Wildman–Crippen LogP) is 6.14. The zero-order chi connectivity index (χ0) is 30.7. The summed E-state index contributed by atoms with van der Waals surface area (Å²) < 4.78 is 13.2. The van der Waals surface area contributed by atoms with E-state index in [1.54, 1.807) is 0 Å². The number of nitrogens with one attached hydrogen (secondary N) is 1. The molecule has 1 amide bonds. The second-order valence-electron chi connectivity index (χ2n) is 11.9. The molecular weight excluding hydrogens is 556 g/mol. The van der Waals surface area contributed by atoms with E-state index < -0.39 is 12.3 Å². The lowest BCUT2D eigenvalue weighted by Gasteiger charge is -2.38. The molecule has 5 rings (SSSR count). The summed E-state index contributed by atoms with van der Waals surface area (Å²) in [5, 5.41) is 21.1. The van der Waals surface area contributed by atoms with E-state index in [2.05, 4.69) is 46.6 Å². The number of carbonyl (C=O) groups excluding carboxylic acids is 1. The van der Waals surface area contributed by atoms with Crippen LogP contribution in [-0.2, 0) is 32.2 Å². The number of aliphatic hydroxyl groups excluding tert-OH is 1. The predicted molar refractivity (Wildman–Crippen MR) is 169 cm³/mol. The van der Waals surface area contributed by atoms with Crippen molar-refractivity contribution in [3.05, 3.63) is 95.1 Å². The van der Waals surface area contributed by atoms with Gasteiger partial charge in [-0.2, -0.15) is 0 Å². The number of carbonyl (C=O) groups is 2. The molecule has 0 unspecified atom stereocenters. The summed E-state index contributed by atoms with van der Waals surface area (Å²) in [5.41, 5.74) is 5.95. The van der Waals surface area contributed by atoms with Crippen molar-refractivity contribution < 1.29 is 29.3 Å². The Labute approximate surface area is 260 Å². The first-order chi connectivity index (χ1) is 21.5. The summed E-state index contributed by atoms with van der Waals surface area (Å²) in [7, 11) is 0. The van der Waals surface area contributed by atoms with Gasteiger partial charge >= 0.3 is 5.97 Å². The Hall–Kier alpha value is -3.56. The van der Waals surface area contributed by atoms with Gasteiger partial charge in [0, 0.05) is 31.5 Å². The number of aliphatic carboxylic acids is 1. The van der Waals surface area contributed by atoms with Crippen LogP contribution in [0.4, 0.5) is 0 Å². The van der Waals surface area contributed by atoms with E-state index in [0.29, 0.717) is 6.54 Å². The number of hydrogen-bond acceptors (Lipinski definition) is 6. The Bertz CT molecular complexity index is 1350. The maximum Gasteiger partial charge on any atom is 0.303 e. The Morgan fingerprint density at radius 1 is 0.795 bits per heavy atom. The molecule has 234 valence electrons. The molecule has 0 saturated carbocycles. The van der Waals surface area contributed by atoms with E-state index >= 15 is 0 Å². The molecular formula is C36H44N2O6. The smallest absolute Gasteiger partial charge is 0.303 e. The molecule has 3 aromatic carbocycles. The number of nitrogens with zero attached hydrogens (tertiary/aromatic N) is 1. The topological polar surface area (TPSA) is 108 Å². The molecule has 2 heterocycles. The molecule has 8 nitrogen and oxygen atoms in total. The fourth-order valence-corrected chi connectivity index (χ4v) is 6.02. The van der Waals surface area contributed by atoms with E-state index in [0.717, 1.165) is 59.4 Å². The number of amides is 1. The number of likely N-dealkylation sites (tertiary alicyclic amines) is 1. The third-order valence-corrected chi connectivity index (χ3v) is 8.52. The van der Waals surface area contributed by atoms with E-state index in [4.69, 9.17) is 14.6 Å². The molecule has 2 saturated heterocycles. The summed E-state index contributed by atoms with van der Waals surface area (Å²) in [5.74, 6) is -1.26. The van der Waals surface area contributed by atoms with Gasteiger partial charge in [0.25, 0.3) is 0 Å². The highest BCUT2D eigenvalue weighted by molar-refractivity contribution is 5.80. The van der Waals surface area contributed by atoms with Crippen LogP contribution in [0.1, 0.15) is 86.0 Å². The highest BCUT2D eigenvalue weighted by atomic mass is 16.7. The van der Waals surface area contributed by atoms with Crippen LogP contribution in [0.3, 0.4) is 0 Å². The third kappa shape index (κ3) is 9.22. The lowest BCUT2D eigenvalue weighted by atomic mass is 9.98. The summed E-state index contributed by atoms with van der Waals surface area (Å²) >= 11 is 0. The molecule has 3 aromatic rings. The average molecular weight is 601 g/mol. The van der Waals surface area contributed by atoms with Crippen molar-refractivity contribution in [3.8, 4) is 11.1 Å². The SMILES string of the molecule is O=C(O)CCC(=O)NCc1cccc(-c2ccc([C@H]3O[C@@H](CN4CCCCCCC4)C[C@@H](c4ccc(CO)cc4)O3)cc2)c1. The average Bonchev–Trinajstić information content (AvgIpc) is 3.04. The van der Waals surface area contributed by atoms with Gasteiger partial charge in [0.15, 0.2) is 6.29 Å². The molecule has 0 aliphatic carbocycles. The van der Waals surface area contributed by atoms with E-state index in [-0.39, 0.29) is 37.6 Å². The van der Waals surface area contributed by atoms with Gasteiger partial charge < -0.3 is 29.9 Å². The molecule has 0 aromatic heterocycles. The van der Waals surface area contributed by atoms with Gasteiger partial charge in [0.1, 0.15) is 0 Å². The molecule has 8 heteroatoms. The number of benzene rings is 3. The van der Waals surface area contributed by atoms with Gasteiger partial charge in [-0.15, -0.1) is 0 Å². The van der Waals surface area contributed by atoms with E-state index in [1.807, 2.05) is 36.4 Å². The molecule has 3 N–H and O–H groups in total. The molecule has 2 aliphatic heterocycles. The summed E-state index contributed by atoms with van der Waals surface area (Å²) in [6.07, 6.45) is 6.40. The zero-order valence-electron chi connectivity index (χ0n) is 25.3. The van der Waals surface area contributed by atoms with Crippen LogP contribution in [-0.4, -0.2) is 52.7 Å². The maximum atomic E-state index is 12.0. The molecule has 2 fully saturated rings. The lowest BCUT2D eigenvalue weighted by Crippen LogP contribution is -2.40. The highest BCUT2D eigenvalue weighted by Crippen LogP contribution is 2.39. The fraction of sp³-hybridized carbons (Fsp3) is 0.444. The van der Waals surface area contributed by atoms with E-state index in [9.17, 15) is 14.7 Å². The van der Waals surface area contributed by atoms with Crippen LogP contribution < -0.4 is 5.32 Å². The monoisotopic (exact) mass is 600 g/mol. The summed E-state index contributed by atoms with van der Waals surface area (Å²) in [6.45, 7) is 3.48. The Morgan fingerprint density at radius 3 is 2.20 bits per heavy atom. The van der Waals surface area contributed by atoms with Gasteiger partial charge in [-0.25, -0.2) is 0 Å².